The lowest BCUT2D eigenvalue weighted by molar-refractivity contribution is 0.366. The summed E-state index contributed by atoms with van der Waals surface area (Å²) in [6, 6.07) is 22.4. The second kappa shape index (κ2) is 12.3. The second-order valence-corrected chi connectivity index (χ2v) is 8.19. The van der Waals surface area contributed by atoms with E-state index in [1.807, 2.05) is 12.5 Å². The normalized spacial score (nSPS) is 13.3. The van der Waals surface area contributed by atoms with E-state index in [0.29, 0.717) is 12.0 Å². The van der Waals surface area contributed by atoms with E-state index < -0.39 is 0 Å². The lowest BCUT2D eigenvalue weighted by atomic mass is 9.83. The van der Waals surface area contributed by atoms with Crippen LogP contribution in [0.25, 0.3) is 0 Å². The molecular formula is C27H36N2. The summed E-state index contributed by atoms with van der Waals surface area (Å²) >= 11 is 0. The Kier molecular flexibility index (Phi) is 9.03. The molecular weight excluding hydrogens is 352 g/mol. The molecule has 3 aromatic rings. The Hall–Kier alpha value is -2.35. The van der Waals surface area contributed by atoms with Crippen molar-refractivity contribution in [3.8, 4) is 0 Å². The van der Waals surface area contributed by atoms with Crippen molar-refractivity contribution < 1.29 is 0 Å². The Balaban J connectivity index is 1.72. The predicted molar refractivity (Wildman–Crippen MR) is 123 cm³/mol. The lowest BCUT2D eigenvalue weighted by Gasteiger charge is -2.29. The first-order valence-electron chi connectivity index (χ1n) is 11.4. The molecule has 3 rings (SSSR count). The van der Waals surface area contributed by atoms with Gasteiger partial charge in [-0.3, -0.25) is 0 Å². The topological polar surface area (TPSA) is 17.8 Å². The fourth-order valence-electron chi connectivity index (χ4n) is 4.38. The number of hydrogen-bond donors (Lipinski definition) is 0. The molecule has 0 saturated heterocycles. The van der Waals surface area contributed by atoms with Gasteiger partial charge in [0.15, 0.2) is 0 Å². The van der Waals surface area contributed by atoms with Crippen molar-refractivity contribution >= 4 is 0 Å². The van der Waals surface area contributed by atoms with Crippen molar-refractivity contribution in [2.24, 2.45) is 0 Å². The van der Waals surface area contributed by atoms with Gasteiger partial charge < -0.3 is 4.57 Å². The van der Waals surface area contributed by atoms with Gasteiger partial charge in [-0.25, -0.2) is 4.98 Å². The van der Waals surface area contributed by atoms with E-state index in [1.54, 1.807) is 0 Å². The number of hydrogen-bond acceptors (Lipinski definition) is 1. The minimum absolute atomic E-state index is 0.441. The predicted octanol–water partition coefficient (Wildman–Crippen LogP) is 7.59. The van der Waals surface area contributed by atoms with Gasteiger partial charge in [0.1, 0.15) is 0 Å². The van der Waals surface area contributed by atoms with E-state index in [4.69, 9.17) is 0 Å². The first-order chi connectivity index (χ1) is 14.4. The zero-order valence-corrected chi connectivity index (χ0v) is 17.9. The van der Waals surface area contributed by atoms with Crippen LogP contribution in [0.3, 0.4) is 0 Å². The molecule has 2 heteroatoms. The summed E-state index contributed by atoms with van der Waals surface area (Å²) in [5, 5.41) is 0. The van der Waals surface area contributed by atoms with E-state index >= 15 is 0 Å². The van der Waals surface area contributed by atoms with Crippen LogP contribution in [0.5, 0.6) is 0 Å². The molecule has 1 heterocycles. The summed E-state index contributed by atoms with van der Waals surface area (Å²) in [4.78, 5) is 4.37. The van der Waals surface area contributed by atoms with Gasteiger partial charge >= 0.3 is 0 Å². The van der Waals surface area contributed by atoms with Crippen LogP contribution in [0, 0.1) is 0 Å². The third-order valence-electron chi connectivity index (χ3n) is 6.00. The van der Waals surface area contributed by atoms with Gasteiger partial charge in [0.25, 0.3) is 0 Å². The van der Waals surface area contributed by atoms with Crippen LogP contribution in [0.15, 0.2) is 79.4 Å². The summed E-state index contributed by atoms with van der Waals surface area (Å²) in [5.74, 6) is 0.452. The second-order valence-electron chi connectivity index (χ2n) is 8.19. The van der Waals surface area contributed by atoms with Gasteiger partial charge in [0.05, 0.1) is 6.33 Å². The standard InChI is InChI=1S/C27H36N2/c1-2-3-4-5-6-7-14-19-27(29-21-20-28-23-29)26(25-17-12-9-13-18-25)22-24-15-10-8-11-16-24/h8-13,15-18,20-21,23,26-27H,2-7,14,19,22H2,1H3. The van der Waals surface area contributed by atoms with E-state index in [-0.39, 0.29) is 0 Å². The van der Waals surface area contributed by atoms with Crippen LogP contribution in [0.1, 0.15) is 81.4 Å². The molecule has 2 unspecified atom stereocenters. The van der Waals surface area contributed by atoms with Gasteiger partial charge in [-0.05, 0) is 24.0 Å². The average Bonchev–Trinajstić information content (AvgIpc) is 3.30. The molecule has 0 aliphatic carbocycles. The maximum atomic E-state index is 4.37. The van der Waals surface area contributed by atoms with Crippen molar-refractivity contribution in [2.45, 2.75) is 76.7 Å². The van der Waals surface area contributed by atoms with Crippen molar-refractivity contribution in [3.63, 3.8) is 0 Å². The lowest BCUT2D eigenvalue weighted by Crippen LogP contribution is -2.19. The largest absolute Gasteiger partial charge is 0.334 e. The van der Waals surface area contributed by atoms with Crippen LogP contribution in [-0.4, -0.2) is 9.55 Å². The number of rotatable bonds is 13. The van der Waals surface area contributed by atoms with E-state index in [1.165, 1.54) is 62.5 Å². The van der Waals surface area contributed by atoms with Gasteiger partial charge in [-0.1, -0.05) is 113 Å². The SMILES string of the molecule is CCCCCCCCCC(C(Cc1ccccc1)c1ccccc1)n1ccnc1. The first-order valence-corrected chi connectivity index (χ1v) is 11.4. The smallest absolute Gasteiger partial charge is 0.0948 e. The first kappa shape index (κ1) is 21.4. The number of aromatic nitrogens is 2. The highest BCUT2D eigenvalue weighted by Gasteiger charge is 2.24. The average molecular weight is 389 g/mol. The minimum atomic E-state index is 0.441. The van der Waals surface area contributed by atoms with Crippen molar-refractivity contribution in [3.05, 3.63) is 90.5 Å². The van der Waals surface area contributed by atoms with Crippen LogP contribution < -0.4 is 0 Å². The molecule has 0 N–H and O–H groups in total. The molecule has 2 atom stereocenters. The van der Waals surface area contributed by atoms with E-state index in [0.717, 1.165) is 6.42 Å². The molecule has 29 heavy (non-hydrogen) atoms. The molecule has 1 aromatic heterocycles. The fourth-order valence-corrected chi connectivity index (χ4v) is 4.38. The monoisotopic (exact) mass is 388 g/mol. The Morgan fingerprint density at radius 3 is 2.10 bits per heavy atom. The summed E-state index contributed by atoms with van der Waals surface area (Å²) in [7, 11) is 0. The Morgan fingerprint density at radius 1 is 0.793 bits per heavy atom. The van der Waals surface area contributed by atoms with Crippen LogP contribution in [0.4, 0.5) is 0 Å². The Labute approximate surface area is 177 Å². The van der Waals surface area contributed by atoms with E-state index in [9.17, 15) is 0 Å². The molecule has 0 saturated carbocycles. The summed E-state index contributed by atoms with van der Waals surface area (Å²) in [5.41, 5.74) is 2.84. The maximum Gasteiger partial charge on any atom is 0.0948 e. The summed E-state index contributed by atoms with van der Waals surface area (Å²) < 4.78 is 2.34. The number of nitrogens with zero attached hydrogens (tertiary/aromatic N) is 2. The third kappa shape index (κ3) is 6.88. The molecule has 0 aliphatic rings. The molecule has 0 spiro atoms. The highest BCUT2D eigenvalue weighted by molar-refractivity contribution is 5.25. The quantitative estimate of drug-likeness (QED) is 0.276. The number of imidazole rings is 1. The zero-order valence-electron chi connectivity index (χ0n) is 17.9. The van der Waals surface area contributed by atoms with Gasteiger partial charge in [-0.15, -0.1) is 0 Å². The molecule has 154 valence electrons. The third-order valence-corrected chi connectivity index (χ3v) is 6.00. The molecule has 2 aromatic carbocycles. The van der Waals surface area contributed by atoms with Crippen molar-refractivity contribution in [1.29, 1.82) is 0 Å². The van der Waals surface area contributed by atoms with Crippen molar-refractivity contribution in [2.75, 3.05) is 0 Å². The summed E-state index contributed by atoms with van der Waals surface area (Å²) in [6.07, 6.45) is 17.8. The maximum absolute atomic E-state index is 4.37. The van der Waals surface area contributed by atoms with Crippen LogP contribution >= 0.6 is 0 Å². The Morgan fingerprint density at radius 2 is 1.45 bits per heavy atom. The van der Waals surface area contributed by atoms with Gasteiger partial charge in [0.2, 0.25) is 0 Å². The number of unbranched alkanes of at least 4 members (excludes halogenated alkanes) is 6. The minimum Gasteiger partial charge on any atom is -0.334 e. The molecule has 0 aliphatic heterocycles. The highest BCUT2D eigenvalue weighted by atomic mass is 15.1. The van der Waals surface area contributed by atoms with Gasteiger partial charge in [-0.2, -0.15) is 0 Å². The molecule has 0 amide bonds. The van der Waals surface area contributed by atoms with Crippen LogP contribution in [0.2, 0.25) is 0 Å². The van der Waals surface area contributed by atoms with E-state index in [2.05, 4.69) is 83.3 Å². The summed E-state index contributed by atoms with van der Waals surface area (Å²) in [6.45, 7) is 2.28. The fraction of sp³-hybridized carbons (Fsp3) is 0.444. The number of benzene rings is 2. The molecule has 0 bridgehead atoms. The van der Waals surface area contributed by atoms with Crippen molar-refractivity contribution in [1.82, 2.24) is 9.55 Å². The van der Waals surface area contributed by atoms with Gasteiger partial charge in [0, 0.05) is 24.4 Å². The molecule has 0 radical (unpaired) electrons. The highest BCUT2D eigenvalue weighted by Crippen LogP contribution is 2.36. The Bertz CT molecular complexity index is 765. The molecule has 0 fully saturated rings. The molecule has 2 nitrogen and oxygen atoms in total. The van der Waals surface area contributed by atoms with Crippen LogP contribution in [-0.2, 0) is 6.42 Å². The zero-order chi connectivity index (χ0) is 20.2.